The van der Waals surface area contributed by atoms with Gasteiger partial charge in [-0.2, -0.15) is 4.31 Å². The first-order valence-electron chi connectivity index (χ1n) is 7.11. The number of anilines is 1. The van der Waals surface area contributed by atoms with Gasteiger partial charge in [0.2, 0.25) is 10.0 Å². The molecule has 1 fully saturated rings. The van der Waals surface area contributed by atoms with Gasteiger partial charge in [0.25, 0.3) is 0 Å². The molecule has 0 saturated carbocycles. The summed E-state index contributed by atoms with van der Waals surface area (Å²) in [5.41, 5.74) is 5.92. The molecule has 4 nitrogen and oxygen atoms in total. The molecular weight excluding hydrogens is 331 g/mol. The van der Waals surface area contributed by atoms with Crippen molar-refractivity contribution in [2.75, 3.05) is 18.8 Å². The van der Waals surface area contributed by atoms with Gasteiger partial charge in [-0.3, -0.25) is 0 Å². The van der Waals surface area contributed by atoms with E-state index in [1.54, 1.807) is 0 Å². The maximum absolute atomic E-state index is 12.7. The summed E-state index contributed by atoms with van der Waals surface area (Å²) in [7, 11) is -3.66. The van der Waals surface area contributed by atoms with Gasteiger partial charge in [-0.05, 0) is 30.9 Å². The number of benzene rings is 1. The van der Waals surface area contributed by atoms with Crippen molar-refractivity contribution in [2.45, 2.75) is 37.5 Å². The zero-order valence-electron chi connectivity index (χ0n) is 12.0. The lowest BCUT2D eigenvalue weighted by molar-refractivity contribution is 0.262. The van der Waals surface area contributed by atoms with Gasteiger partial charge in [-0.15, -0.1) is 0 Å². The van der Waals surface area contributed by atoms with Crippen molar-refractivity contribution in [3.8, 4) is 0 Å². The normalized spacial score (nSPS) is 18.0. The van der Waals surface area contributed by atoms with Crippen molar-refractivity contribution in [1.82, 2.24) is 4.31 Å². The van der Waals surface area contributed by atoms with Crippen molar-refractivity contribution < 1.29 is 8.42 Å². The molecule has 7 heteroatoms. The minimum absolute atomic E-state index is 0.0255. The van der Waals surface area contributed by atoms with Crippen LogP contribution in [0.4, 0.5) is 5.69 Å². The van der Waals surface area contributed by atoms with E-state index in [1.807, 2.05) is 0 Å². The summed E-state index contributed by atoms with van der Waals surface area (Å²) >= 11 is 11.9. The zero-order valence-corrected chi connectivity index (χ0v) is 14.3. The molecule has 1 saturated heterocycles. The van der Waals surface area contributed by atoms with Crippen LogP contribution in [0.1, 0.15) is 32.6 Å². The highest BCUT2D eigenvalue weighted by molar-refractivity contribution is 7.89. The summed E-state index contributed by atoms with van der Waals surface area (Å²) in [6.45, 7) is 3.19. The van der Waals surface area contributed by atoms with Crippen molar-refractivity contribution in [1.29, 1.82) is 0 Å². The fourth-order valence-electron chi connectivity index (χ4n) is 2.83. The van der Waals surface area contributed by atoms with Crippen LogP contribution in [0.2, 0.25) is 10.0 Å². The molecule has 0 radical (unpaired) electrons. The van der Waals surface area contributed by atoms with Crippen molar-refractivity contribution in [2.24, 2.45) is 5.92 Å². The fraction of sp³-hybridized carbons (Fsp3) is 0.571. The molecule has 0 spiro atoms. The molecule has 0 aliphatic carbocycles. The average Bonchev–Trinajstić information content (AvgIpc) is 2.38. The number of piperidine rings is 1. The summed E-state index contributed by atoms with van der Waals surface area (Å²) in [6.07, 6.45) is 4.06. The maximum Gasteiger partial charge on any atom is 0.246 e. The number of nitrogens with two attached hydrogens (primary N) is 1. The minimum atomic E-state index is -3.66. The quantitative estimate of drug-likeness (QED) is 0.840. The van der Waals surface area contributed by atoms with Crippen LogP contribution in [0.3, 0.4) is 0 Å². The number of rotatable bonds is 4. The van der Waals surface area contributed by atoms with E-state index in [0.717, 1.165) is 25.7 Å². The number of hydrogen-bond donors (Lipinski definition) is 1. The highest BCUT2D eigenvalue weighted by Crippen LogP contribution is 2.35. The van der Waals surface area contributed by atoms with E-state index < -0.39 is 10.0 Å². The monoisotopic (exact) mass is 350 g/mol. The minimum Gasteiger partial charge on any atom is -0.398 e. The van der Waals surface area contributed by atoms with Gasteiger partial charge >= 0.3 is 0 Å². The van der Waals surface area contributed by atoms with Gasteiger partial charge in [0.15, 0.2) is 0 Å². The zero-order chi connectivity index (χ0) is 15.6. The average molecular weight is 351 g/mol. The van der Waals surface area contributed by atoms with Crippen LogP contribution in [-0.2, 0) is 10.0 Å². The van der Waals surface area contributed by atoms with Crippen LogP contribution in [0.15, 0.2) is 17.0 Å². The van der Waals surface area contributed by atoms with Crippen molar-refractivity contribution in [3.05, 3.63) is 22.2 Å². The molecule has 2 N–H and O–H groups in total. The van der Waals surface area contributed by atoms with Crippen LogP contribution in [-0.4, -0.2) is 25.8 Å². The first-order chi connectivity index (χ1) is 9.86. The summed E-state index contributed by atoms with van der Waals surface area (Å²) in [6, 6.07) is 2.83. The molecular formula is C14H20Cl2N2O2S. The predicted molar refractivity (Wildman–Crippen MR) is 87.3 cm³/mol. The van der Waals surface area contributed by atoms with Crippen LogP contribution >= 0.6 is 23.2 Å². The molecule has 21 heavy (non-hydrogen) atoms. The van der Waals surface area contributed by atoms with Crippen LogP contribution < -0.4 is 5.73 Å². The molecule has 2 rings (SSSR count). The second-order valence-corrected chi connectivity index (χ2v) is 8.16. The second kappa shape index (κ2) is 6.73. The fourth-order valence-corrected chi connectivity index (χ4v) is 5.24. The molecule has 0 aromatic heterocycles. The lowest BCUT2D eigenvalue weighted by atomic mass is 9.94. The summed E-state index contributed by atoms with van der Waals surface area (Å²) in [5.74, 6) is 0.611. The summed E-state index contributed by atoms with van der Waals surface area (Å²) in [4.78, 5) is -0.0255. The number of sulfonamides is 1. The van der Waals surface area contributed by atoms with E-state index in [-0.39, 0.29) is 15.6 Å². The van der Waals surface area contributed by atoms with E-state index in [0.29, 0.717) is 24.0 Å². The SMILES string of the molecule is CCCC1CCN(S(=O)(=O)c2c(N)cc(Cl)cc2Cl)CC1. The lowest BCUT2D eigenvalue weighted by Gasteiger charge is -2.31. The summed E-state index contributed by atoms with van der Waals surface area (Å²) < 4.78 is 26.9. The number of halogens is 2. The van der Waals surface area contributed by atoms with Crippen molar-refractivity contribution in [3.63, 3.8) is 0 Å². The Balaban J connectivity index is 2.24. The second-order valence-electron chi connectivity index (χ2n) is 5.44. The Kier molecular flexibility index (Phi) is 5.41. The molecule has 0 bridgehead atoms. The van der Waals surface area contributed by atoms with Crippen molar-refractivity contribution >= 4 is 38.9 Å². The molecule has 118 valence electrons. The predicted octanol–water partition coefficient (Wildman–Crippen LogP) is 3.78. The van der Waals surface area contributed by atoms with E-state index in [9.17, 15) is 8.42 Å². The molecule has 0 amide bonds. The molecule has 1 aliphatic heterocycles. The van der Waals surface area contributed by atoms with E-state index in [2.05, 4.69) is 6.92 Å². The Labute approximate surface area is 136 Å². The first-order valence-corrected chi connectivity index (χ1v) is 9.30. The highest BCUT2D eigenvalue weighted by Gasteiger charge is 2.32. The first kappa shape index (κ1) is 16.9. The Hall–Kier alpha value is -0.490. The van der Waals surface area contributed by atoms with E-state index in [4.69, 9.17) is 28.9 Å². The van der Waals surface area contributed by atoms with Crippen LogP contribution in [0.5, 0.6) is 0 Å². The van der Waals surface area contributed by atoms with Gasteiger partial charge in [-0.1, -0.05) is 43.0 Å². The molecule has 1 aromatic carbocycles. The molecule has 1 heterocycles. The standard InChI is InChI=1S/C14H20Cl2N2O2S/c1-2-3-10-4-6-18(7-5-10)21(19,20)14-12(16)8-11(15)9-13(14)17/h8-10H,2-7,17H2,1H3. The largest absolute Gasteiger partial charge is 0.398 e. The maximum atomic E-state index is 12.7. The van der Waals surface area contributed by atoms with Crippen LogP contribution in [0, 0.1) is 5.92 Å². The number of hydrogen-bond acceptors (Lipinski definition) is 3. The van der Waals surface area contributed by atoms with E-state index in [1.165, 1.54) is 16.4 Å². The lowest BCUT2D eigenvalue weighted by Crippen LogP contribution is -2.38. The Bertz CT molecular complexity index is 588. The molecule has 0 atom stereocenters. The molecule has 1 aromatic rings. The Morgan fingerprint density at radius 3 is 2.43 bits per heavy atom. The van der Waals surface area contributed by atoms with Gasteiger partial charge < -0.3 is 5.73 Å². The number of nitrogen functional groups attached to an aromatic ring is 1. The van der Waals surface area contributed by atoms with E-state index >= 15 is 0 Å². The highest BCUT2D eigenvalue weighted by atomic mass is 35.5. The summed E-state index contributed by atoms with van der Waals surface area (Å²) in [5, 5.41) is 0.411. The topological polar surface area (TPSA) is 63.4 Å². The van der Waals surface area contributed by atoms with Gasteiger partial charge in [0, 0.05) is 18.1 Å². The third-order valence-corrected chi connectivity index (χ3v) is 6.55. The van der Waals surface area contributed by atoms with Crippen LogP contribution in [0.25, 0.3) is 0 Å². The molecule has 0 unspecified atom stereocenters. The van der Waals surface area contributed by atoms with Gasteiger partial charge in [0.1, 0.15) is 4.90 Å². The third-order valence-electron chi connectivity index (χ3n) is 3.91. The van der Waals surface area contributed by atoms with Gasteiger partial charge in [0.05, 0.1) is 10.7 Å². The smallest absolute Gasteiger partial charge is 0.246 e. The third kappa shape index (κ3) is 3.65. The molecule has 1 aliphatic rings. The Morgan fingerprint density at radius 2 is 1.90 bits per heavy atom. The number of nitrogens with zero attached hydrogens (tertiary/aromatic N) is 1. The Morgan fingerprint density at radius 1 is 1.29 bits per heavy atom. The van der Waals surface area contributed by atoms with Gasteiger partial charge in [-0.25, -0.2) is 8.42 Å².